The summed E-state index contributed by atoms with van der Waals surface area (Å²) in [6, 6.07) is 19.8. The molecule has 1 aliphatic rings. The standard InChI is InChI=1S/C33H40N4O11/c38-33(48-24-30-28-7-3-1-5-26(28)27-6-2-4-8-29(27)30)35-12-14-44-16-18-46-20-22-47-21-19-45-17-15-43-13-11-34-31-10-9-25(36(39)40)23-32(31)37(41)42/h1-10,23,30,34H,11-22,24H2,(H,35,38). The summed E-state index contributed by atoms with van der Waals surface area (Å²) in [5.74, 6) is 0.0175. The van der Waals surface area contributed by atoms with Crippen molar-refractivity contribution in [3.63, 3.8) is 0 Å². The van der Waals surface area contributed by atoms with Gasteiger partial charge in [0.05, 0.1) is 82.0 Å². The Hall–Kier alpha value is -4.67. The number of nitro groups is 2. The lowest BCUT2D eigenvalue weighted by molar-refractivity contribution is -0.393. The fraction of sp³-hybridized carbons (Fsp3) is 0.424. The average Bonchev–Trinajstić information content (AvgIpc) is 3.41. The van der Waals surface area contributed by atoms with Crippen LogP contribution in [0.15, 0.2) is 66.7 Å². The second-order valence-corrected chi connectivity index (χ2v) is 10.5. The minimum atomic E-state index is -0.684. The summed E-state index contributed by atoms with van der Waals surface area (Å²) in [7, 11) is 0. The number of ether oxygens (including phenoxy) is 6. The van der Waals surface area contributed by atoms with Crippen LogP contribution in [0.3, 0.4) is 0 Å². The molecule has 0 saturated carbocycles. The van der Waals surface area contributed by atoms with E-state index in [1.807, 2.05) is 24.3 Å². The number of fused-ring (bicyclic) bond motifs is 3. The van der Waals surface area contributed by atoms with E-state index in [4.69, 9.17) is 28.4 Å². The molecule has 0 heterocycles. The van der Waals surface area contributed by atoms with Crippen LogP contribution in [0, 0.1) is 20.2 Å². The van der Waals surface area contributed by atoms with Gasteiger partial charge >= 0.3 is 6.09 Å². The van der Waals surface area contributed by atoms with Crippen LogP contribution in [0.25, 0.3) is 11.1 Å². The molecule has 0 bridgehead atoms. The average molecular weight is 669 g/mol. The highest BCUT2D eigenvalue weighted by atomic mass is 16.6. The minimum Gasteiger partial charge on any atom is -0.449 e. The van der Waals surface area contributed by atoms with E-state index in [1.165, 1.54) is 34.4 Å². The number of anilines is 1. The molecule has 15 nitrogen and oxygen atoms in total. The van der Waals surface area contributed by atoms with Crippen LogP contribution in [0.2, 0.25) is 0 Å². The number of amides is 1. The number of carbonyl (C=O) groups excluding carboxylic acids is 1. The van der Waals surface area contributed by atoms with Gasteiger partial charge < -0.3 is 39.1 Å². The summed E-state index contributed by atoms with van der Waals surface area (Å²) < 4.78 is 32.8. The summed E-state index contributed by atoms with van der Waals surface area (Å²) in [5.41, 5.74) is 4.16. The zero-order valence-electron chi connectivity index (χ0n) is 26.5. The van der Waals surface area contributed by atoms with Crippen LogP contribution < -0.4 is 10.6 Å². The zero-order chi connectivity index (χ0) is 34.0. The Labute approximate surface area is 277 Å². The molecule has 1 amide bonds. The maximum absolute atomic E-state index is 12.2. The van der Waals surface area contributed by atoms with Gasteiger partial charge in [-0.15, -0.1) is 0 Å². The molecular weight excluding hydrogens is 628 g/mol. The number of non-ortho nitro benzene ring substituents is 1. The third-order valence-electron chi connectivity index (χ3n) is 7.30. The predicted octanol–water partition coefficient (Wildman–Crippen LogP) is 4.54. The van der Waals surface area contributed by atoms with E-state index in [0.717, 1.165) is 6.07 Å². The highest BCUT2D eigenvalue weighted by Gasteiger charge is 2.29. The fourth-order valence-corrected chi connectivity index (χ4v) is 5.05. The van der Waals surface area contributed by atoms with E-state index >= 15 is 0 Å². The first-order chi connectivity index (χ1) is 23.5. The van der Waals surface area contributed by atoms with E-state index in [-0.39, 0.29) is 42.7 Å². The number of carbonyl (C=O) groups is 1. The Kier molecular flexibility index (Phi) is 15.0. The third kappa shape index (κ3) is 11.2. The number of hydrogen-bond donors (Lipinski definition) is 2. The lowest BCUT2D eigenvalue weighted by Gasteiger charge is -2.14. The summed E-state index contributed by atoms with van der Waals surface area (Å²) in [4.78, 5) is 32.8. The molecule has 3 aromatic carbocycles. The second-order valence-electron chi connectivity index (χ2n) is 10.5. The highest BCUT2D eigenvalue weighted by molar-refractivity contribution is 5.79. The van der Waals surface area contributed by atoms with E-state index < -0.39 is 15.9 Å². The van der Waals surface area contributed by atoms with E-state index in [2.05, 4.69) is 34.9 Å². The van der Waals surface area contributed by atoms with Crippen LogP contribution >= 0.6 is 0 Å². The van der Waals surface area contributed by atoms with Crippen molar-refractivity contribution in [1.29, 1.82) is 0 Å². The third-order valence-corrected chi connectivity index (χ3v) is 7.30. The molecule has 0 aliphatic heterocycles. The number of hydrogen-bond acceptors (Lipinski definition) is 12. The topological polar surface area (TPSA) is 183 Å². The molecule has 0 radical (unpaired) electrons. The van der Waals surface area contributed by atoms with E-state index in [1.54, 1.807) is 0 Å². The van der Waals surface area contributed by atoms with E-state index in [9.17, 15) is 25.0 Å². The molecule has 0 aromatic heterocycles. The molecule has 1 aliphatic carbocycles. The van der Waals surface area contributed by atoms with Crippen molar-refractivity contribution in [2.24, 2.45) is 0 Å². The van der Waals surface area contributed by atoms with Crippen LogP contribution in [-0.4, -0.2) is 102 Å². The number of alkyl carbamates (subject to hydrolysis) is 1. The van der Waals surface area contributed by atoms with Gasteiger partial charge in [-0.1, -0.05) is 48.5 Å². The Bertz CT molecular complexity index is 1440. The molecule has 0 spiro atoms. The first-order valence-electron chi connectivity index (χ1n) is 15.6. The first-order valence-corrected chi connectivity index (χ1v) is 15.6. The maximum atomic E-state index is 12.2. The van der Waals surface area contributed by atoms with Crippen LogP contribution in [0.4, 0.5) is 21.9 Å². The summed E-state index contributed by atoms with van der Waals surface area (Å²) >= 11 is 0. The number of rotatable bonds is 23. The molecule has 3 aromatic rings. The molecule has 0 saturated heterocycles. The molecule has 2 N–H and O–H groups in total. The van der Waals surface area contributed by atoms with Crippen molar-refractivity contribution in [2.45, 2.75) is 5.92 Å². The summed E-state index contributed by atoms with van der Waals surface area (Å²) in [6.07, 6.45) is -0.477. The summed E-state index contributed by atoms with van der Waals surface area (Å²) in [6.45, 7) is 4.54. The van der Waals surface area contributed by atoms with Crippen LogP contribution in [0.5, 0.6) is 0 Å². The largest absolute Gasteiger partial charge is 0.449 e. The predicted molar refractivity (Wildman–Crippen MR) is 175 cm³/mol. The van der Waals surface area contributed by atoms with Gasteiger partial charge in [0.2, 0.25) is 0 Å². The molecule has 4 rings (SSSR count). The van der Waals surface area contributed by atoms with Gasteiger partial charge in [0.15, 0.2) is 0 Å². The molecule has 0 unspecified atom stereocenters. The number of nitro benzene ring substituents is 2. The van der Waals surface area contributed by atoms with Gasteiger partial charge in [-0.05, 0) is 28.3 Å². The van der Waals surface area contributed by atoms with Crippen LogP contribution in [-0.2, 0) is 28.4 Å². The molecule has 0 atom stereocenters. The maximum Gasteiger partial charge on any atom is 0.407 e. The van der Waals surface area contributed by atoms with Crippen molar-refractivity contribution in [1.82, 2.24) is 5.32 Å². The van der Waals surface area contributed by atoms with Gasteiger partial charge in [0.25, 0.3) is 11.4 Å². The highest BCUT2D eigenvalue weighted by Crippen LogP contribution is 2.44. The normalized spacial score (nSPS) is 11.9. The number of benzene rings is 3. The van der Waals surface area contributed by atoms with Crippen LogP contribution in [0.1, 0.15) is 17.0 Å². The van der Waals surface area contributed by atoms with Gasteiger partial charge in [-0.2, -0.15) is 0 Å². The SMILES string of the molecule is O=C(NCCOCCOCCOCCOCCOCCNc1ccc([N+](=O)[O-])cc1[N+](=O)[O-])OCC1c2ccccc2-c2ccccc21. The number of nitrogens with zero attached hydrogens (tertiary/aromatic N) is 2. The summed E-state index contributed by atoms with van der Waals surface area (Å²) in [5, 5.41) is 27.5. The molecule has 0 fully saturated rings. The fourth-order valence-electron chi connectivity index (χ4n) is 5.05. The van der Waals surface area contributed by atoms with Crippen molar-refractivity contribution in [2.75, 3.05) is 91.1 Å². The van der Waals surface area contributed by atoms with Gasteiger partial charge in [-0.25, -0.2) is 4.79 Å². The quantitative estimate of drug-likeness (QED) is 0.0819. The molecule has 48 heavy (non-hydrogen) atoms. The lowest BCUT2D eigenvalue weighted by Crippen LogP contribution is -2.29. The molecule has 258 valence electrons. The van der Waals surface area contributed by atoms with E-state index in [0.29, 0.717) is 66.0 Å². The van der Waals surface area contributed by atoms with Crippen molar-refractivity contribution in [3.05, 3.63) is 98.1 Å². The van der Waals surface area contributed by atoms with Gasteiger partial charge in [0.1, 0.15) is 12.3 Å². The molecular formula is C33H40N4O11. The Balaban J connectivity index is 0.902. The van der Waals surface area contributed by atoms with Crippen molar-refractivity contribution < 1.29 is 43.1 Å². The monoisotopic (exact) mass is 668 g/mol. The Morgan fingerprint density at radius 3 is 1.67 bits per heavy atom. The molecule has 15 heteroatoms. The lowest BCUT2D eigenvalue weighted by atomic mass is 9.98. The smallest absolute Gasteiger partial charge is 0.407 e. The second kappa shape index (κ2) is 19.9. The Morgan fingerprint density at radius 2 is 1.15 bits per heavy atom. The number of nitrogens with one attached hydrogen (secondary N) is 2. The van der Waals surface area contributed by atoms with Gasteiger partial charge in [-0.3, -0.25) is 20.2 Å². The first kappa shape index (κ1) is 36.2. The Morgan fingerprint density at radius 1 is 0.646 bits per heavy atom. The van der Waals surface area contributed by atoms with Gasteiger partial charge in [0, 0.05) is 25.1 Å². The zero-order valence-corrected chi connectivity index (χ0v) is 26.5. The minimum absolute atomic E-state index is 0.0175. The van der Waals surface area contributed by atoms with Crippen molar-refractivity contribution >= 4 is 23.2 Å². The van der Waals surface area contributed by atoms with Crippen molar-refractivity contribution in [3.8, 4) is 11.1 Å².